The molecule has 23 heavy (non-hydrogen) atoms. The van der Waals surface area contributed by atoms with E-state index in [0.717, 1.165) is 16.4 Å². The van der Waals surface area contributed by atoms with Gasteiger partial charge in [-0.15, -0.1) is 11.8 Å². The first-order valence-corrected chi connectivity index (χ1v) is 9.47. The van der Waals surface area contributed by atoms with Crippen LogP contribution in [0.15, 0.2) is 29.3 Å². The number of aliphatic imine (C=N–C) groups is 1. The van der Waals surface area contributed by atoms with Crippen LogP contribution in [0.5, 0.6) is 0 Å². The number of carbonyl (C=O) groups excluding carboxylic acids is 1. The van der Waals surface area contributed by atoms with Crippen LogP contribution < -0.4 is 5.32 Å². The van der Waals surface area contributed by atoms with Crippen LogP contribution in [0.25, 0.3) is 0 Å². The summed E-state index contributed by atoms with van der Waals surface area (Å²) in [6, 6.07) is 5.83. The van der Waals surface area contributed by atoms with Gasteiger partial charge in [-0.05, 0) is 32.2 Å². The van der Waals surface area contributed by atoms with Gasteiger partial charge in [-0.25, -0.2) is 0 Å². The highest BCUT2D eigenvalue weighted by molar-refractivity contribution is 8.14. The quantitative estimate of drug-likeness (QED) is 0.628. The average molecular weight is 353 g/mol. The van der Waals surface area contributed by atoms with E-state index >= 15 is 0 Å². The second kappa shape index (κ2) is 7.35. The monoisotopic (exact) mass is 353 g/mol. The molecule has 0 unspecified atom stereocenters. The Morgan fingerprint density at radius 2 is 2.13 bits per heavy atom. The molecular weight excluding hydrogens is 334 g/mol. The summed E-state index contributed by atoms with van der Waals surface area (Å²) in [5.74, 6) is 1.35. The number of hydrogen-bond donors (Lipinski definition) is 1. The highest BCUT2D eigenvalue weighted by atomic mass is 32.2. The third-order valence-electron chi connectivity index (χ3n) is 3.25. The van der Waals surface area contributed by atoms with Crippen molar-refractivity contribution in [1.29, 1.82) is 0 Å². The third-order valence-corrected chi connectivity index (χ3v) is 5.35. The summed E-state index contributed by atoms with van der Waals surface area (Å²) >= 11 is 3.18. The summed E-state index contributed by atoms with van der Waals surface area (Å²) < 4.78 is 0. The molecule has 8 heteroatoms. The molecule has 0 aromatic heterocycles. The maximum Gasteiger partial charge on any atom is 0.269 e. The van der Waals surface area contributed by atoms with Crippen LogP contribution in [0.1, 0.15) is 19.4 Å². The fraction of sp³-hybridized carbons (Fsp3) is 0.467. The molecule has 0 saturated heterocycles. The number of nitro benzene ring substituents is 1. The maximum absolute atomic E-state index is 12.3. The standard InChI is InChI=1S/C15H19N3O3S2/c1-15(2,9-22-3)17-13(19)12-8-23-14(16-12)10-4-6-11(7-5-10)18(20)21/h4-7,12H,8-9H2,1-3H3,(H,17,19)/t12-/m0/s1. The second-order valence-electron chi connectivity index (χ2n) is 5.87. The van der Waals surface area contributed by atoms with Crippen LogP contribution in [-0.4, -0.2) is 45.2 Å². The number of nitrogens with one attached hydrogen (secondary N) is 1. The SMILES string of the molecule is CSCC(C)(C)NC(=O)[C@@H]1CSC(c2ccc([N+](=O)[O-])cc2)=N1. The summed E-state index contributed by atoms with van der Waals surface area (Å²) in [4.78, 5) is 27.0. The Morgan fingerprint density at radius 3 is 2.70 bits per heavy atom. The number of carbonyl (C=O) groups is 1. The number of rotatable bonds is 6. The molecule has 0 bridgehead atoms. The third kappa shape index (κ3) is 4.71. The van der Waals surface area contributed by atoms with E-state index in [2.05, 4.69) is 10.3 Å². The number of nitrogens with zero attached hydrogens (tertiary/aromatic N) is 2. The number of non-ortho nitro benzene ring substituents is 1. The molecule has 0 fully saturated rings. The van der Waals surface area contributed by atoms with Crippen LogP contribution in [0.2, 0.25) is 0 Å². The Morgan fingerprint density at radius 1 is 1.48 bits per heavy atom. The first kappa shape index (κ1) is 17.8. The fourth-order valence-corrected chi connectivity index (χ4v) is 4.05. The molecule has 2 rings (SSSR count). The minimum atomic E-state index is -0.433. The zero-order valence-corrected chi connectivity index (χ0v) is 14.9. The predicted molar refractivity (Wildman–Crippen MR) is 96.5 cm³/mol. The van der Waals surface area contributed by atoms with E-state index in [1.165, 1.54) is 23.9 Å². The van der Waals surface area contributed by atoms with Crippen molar-refractivity contribution >= 4 is 40.2 Å². The maximum atomic E-state index is 12.3. The van der Waals surface area contributed by atoms with E-state index in [-0.39, 0.29) is 17.1 Å². The van der Waals surface area contributed by atoms with Gasteiger partial charge in [0.05, 0.1) is 9.97 Å². The molecule has 0 radical (unpaired) electrons. The topological polar surface area (TPSA) is 84.6 Å². The van der Waals surface area contributed by atoms with Crippen LogP contribution in [-0.2, 0) is 4.79 Å². The van der Waals surface area contributed by atoms with Crippen molar-refractivity contribution in [3.05, 3.63) is 39.9 Å². The molecule has 6 nitrogen and oxygen atoms in total. The summed E-state index contributed by atoms with van der Waals surface area (Å²) in [6.07, 6.45) is 2.00. The fourth-order valence-electron chi connectivity index (χ4n) is 2.21. The summed E-state index contributed by atoms with van der Waals surface area (Å²) in [6.45, 7) is 3.98. The minimum absolute atomic E-state index is 0.0467. The molecule has 0 saturated carbocycles. The molecular formula is C15H19N3O3S2. The van der Waals surface area contributed by atoms with Crippen LogP contribution in [0.4, 0.5) is 5.69 Å². The van der Waals surface area contributed by atoms with E-state index in [1.807, 2.05) is 20.1 Å². The first-order valence-electron chi connectivity index (χ1n) is 7.09. The molecule has 1 aliphatic heterocycles. The van der Waals surface area contributed by atoms with Crippen LogP contribution in [0.3, 0.4) is 0 Å². The Kier molecular flexibility index (Phi) is 5.69. The average Bonchev–Trinajstić information content (AvgIpc) is 2.96. The van der Waals surface area contributed by atoms with Gasteiger partial charge < -0.3 is 5.32 Å². The molecule has 1 aliphatic rings. The highest BCUT2D eigenvalue weighted by Crippen LogP contribution is 2.25. The van der Waals surface area contributed by atoms with Gasteiger partial charge in [0, 0.05) is 34.7 Å². The van der Waals surface area contributed by atoms with Crippen molar-refractivity contribution in [3.8, 4) is 0 Å². The van der Waals surface area contributed by atoms with Gasteiger partial charge in [-0.2, -0.15) is 11.8 Å². The molecule has 1 aromatic rings. The molecule has 1 aromatic carbocycles. The van der Waals surface area contributed by atoms with Gasteiger partial charge in [0.1, 0.15) is 6.04 Å². The molecule has 1 atom stereocenters. The number of hydrogen-bond acceptors (Lipinski definition) is 6. The summed E-state index contributed by atoms with van der Waals surface area (Å²) in [5, 5.41) is 14.5. The smallest absolute Gasteiger partial charge is 0.269 e. The van der Waals surface area contributed by atoms with Crippen LogP contribution in [0, 0.1) is 10.1 Å². The van der Waals surface area contributed by atoms with Crippen LogP contribution >= 0.6 is 23.5 Å². The van der Waals surface area contributed by atoms with Crippen molar-refractivity contribution in [2.75, 3.05) is 17.8 Å². The van der Waals surface area contributed by atoms with Gasteiger partial charge in [-0.3, -0.25) is 19.9 Å². The number of nitro groups is 1. The summed E-state index contributed by atoms with van der Waals surface area (Å²) in [5.41, 5.74) is 0.581. The molecule has 1 amide bonds. The predicted octanol–water partition coefficient (Wildman–Crippen LogP) is 2.71. The molecule has 1 N–H and O–H groups in total. The molecule has 0 spiro atoms. The molecule has 0 aliphatic carbocycles. The lowest BCUT2D eigenvalue weighted by atomic mass is 10.1. The lowest BCUT2D eigenvalue weighted by molar-refractivity contribution is -0.384. The Bertz CT molecular complexity index is 629. The van der Waals surface area contributed by atoms with Crippen molar-refractivity contribution in [2.45, 2.75) is 25.4 Å². The number of amides is 1. The van der Waals surface area contributed by atoms with Crippen molar-refractivity contribution in [3.63, 3.8) is 0 Å². The Labute approximate surface area is 143 Å². The largest absolute Gasteiger partial charge is 0.349 e. The van der Waals surface area contributed by atoms with Gasteiger partial charge >= 0.3 is 0 Å². The van der Waals surface area contributed by atoms with E-state index in [0.29, 0.717) is 5.75 Å². The number of benzene rings is 1. The molecule has 1 heterocycles. The van der Waals surface area contributed by atoms with Gasteiger partial charge in [0.15, 0.2) is 0 Å². The summed E-state index contributed by atoms with van der Waals surface area (Å²) in [7, 11) is 0. The van der Waals surface area contributed by atoms with E-state index in [4.69, 9.17) is 0 Å². The second-order valence-corrected chi connectivity index (χ2v) is 7.75. The zero-order chi connectivity index (χ0) is 17.0. The van der Waals surface area contributed by atoms with Gasteiger partial charge in [-0.1, -0.05) is 0 Å². The lowest BCUT2D eigenvalue weighted by Gasteiger charge is -2.26. The molecule has 124 valence electrons. The Hall–Kier alpha value is -1.54. The lowest BCUT2D eigenvalue weighted by Crippen LogP contribution is -2.49. The van der Waals surface area contributed by atoms with E-state index < -0.39 is 11.0 Å². The van der Waals surface area contributed by atoms with Crippen molar-refractivity contribution in [2.24, 2.45) is 4.99 Å². The van der Waals surface area contributed by atoms with Gasteiger partial charge in [0.25, 0.3) is 5.69 Å². The van der Waals surface area contributed by atoms with Gasteiger partial charge in [0.2, 0.25) is 5.91 Å². The Balaban J connectivity index is 2.05. The first-order chi connectivity index (χ1) is 10.8. The normalized spacial score (nSPS) is 17.7. The van der Waals surface area contributed by atoms with Crippen molar-refractivity contribution in [1.82, 2.24) is 5.32 Å². The highest BCUT2D eigenvalue weighted by Gasteiger charge is 2.29. The van der Waals surface area contributed by atoms with E-state index in [1.54, 1.807) is 23.9 Å². The van der Waals surface area contributed by atoms with Crippen molar-refractivity contribution < 1.29 is 9.72 Å². The minimum Gasteiger partial charge on any atom is -0.349 e. The zero-order valence-electron chi connectivity index (χ0n) is 13.2. The number of thioether (sulfide) groups is 2. The van der Waals surface area contributed by atoms with E-state index in [9.17, 15) is 14.9 Å².